The van der Waals surface area contributed by atoms with Crippen LogP contribution < -0.4 is 4.90 Å². The molecule has 5 nitrogen and oxygen atoms in total. The molecule has 0 saturated heterocycles. The summed E-state index contributed by atoms with van der Waals surface area (Å²) in [6.07, 6.45) is 4.47. The summed E-state index contributed by atoms with van der Waals surface area (Å²) in [6.45, 7) is 5.00. The molecule has 1 amide bonds. The fraction of sp³-hybridized carbons (Fsp3) is 0.250. The Morgan fingerprint density at radius 1 is 1.14 bits per heavy atom. The van der Waals surface area contributed by atoms with Gasteiger partial charge in [-0.05, 0) is 72.5 Å². The number of rotatable bonds is 5. The van der Waals surface area contributed by atoms with Crippen LogP contribution in [-0.4, -0.2) is 34.0 Å². The molecule has 0 unspecified atom stereocenters. The molecule has 29 heavy (non-hydrogen) atoms. The van der Waals surface area contributed by atoms with Gasteiger partial charge in [0, 0.05) is 49.8 Å². The van der Waals surface area contributed by atoms with Crippen molar-refractivity contribution >= 4 is 11.6 Å². The highest BCUT2D eigenvalue weighted by Crippen LogP contribution is 2.25. The average Bonchev–Trinajstić information content (AvgIpc) is 2.77. The van der Waals surface area contributed by atoms with Crippen molar-refractivity contribution in [3.05, 3.63) is 89.2 Å². The van der Waals surface area contributed by atoms with Gasteiger partial charge in [-0.3, -0.25) is 9.78 Å². The number of aromatic nitrogens is 1. The molecule has 2 heterocycles. The van der Waals surface area contributed by atoms with Gasteiger partial charge in [0.25, 0.3) is 5.91 Å². The molecule has 0 saturated carbocycles. The molecular weight excluding hydrogens is 362 g/mol. The van der Waals surface area contributed by atoms with Gasteiger partial charge in [0.1, 0.15) is 5.75 Å². The Morgan fingerprint density at radius 2 is 1.97 bits per heavy atom. The van der Waals surface area contributed by atoms with E-state index in [0.29, 0.717) is 18.7 Å². The molecule has 5 heteroatoms. The number of anilines is 1. The van der Waals surface area contributed by atoms with Gasteiger partial charge in [0.2, 0.25) is 0 Å². The normalized spacial score (nSPS) is 13.1. The standard InChI is InChI=1S/C24H25N3O2/c1-2-26(16-18-4-3-12-25-15-18)22-8-5-20(6-9-22)24(29)27-13-11-19-7-10-23(28)14-21(19)17-27/h3-10,12,14-15,28H,2,11,13,16-17H2,1H3. The number of pyridine rings is 1. The highest BCUT2D eigenvalue weighted by Gasteiger charge is 2.22. The van der Waals surface area contributed by atoms with Crippen LogP contribution in [0.5, 0.6) is 5.75 Å². The molecule has 0 atom stereocenters. The van der Waals surface area contributed by atoms with Gasteiger partial charge in [0.05, 0.1) is 0 Å². The molecule has 3 aromatic rings. The molecule has 1 aliphatic heterocycles. The van der Waals surface area contributed by atoms with E-state index in [9.17, 15) is 9.90 Å². The van der Waals surface area contributed by atoms with E-state index in [1.54, 1.807) is 18.3 Å². The number of amides is 1. The summed E-state index contributed by atoms with van der Waals surface area (Å²) in [5, 5.41) is 9.73. The van der Waals surface area contributed by atoms with E-state index in [-0.39, 0.29) is 11.7 Å². The van der Waals surface area contributed by atoms with E-state index in [0.717, 1.165) is 36.3 Å². The molecule has 1 aromatic heterocycles. The first kappa shape index (κ1) is 19.0. The van der Waals surface area contributed by atoms with E-state index in [2.05, 4.69) is 22.9 Å². The van der Waals surface area contributed by atoms with E-state index in [1.165, 1.54) is 5.56 Å². The Morgan fingerprint density at radius 3 is 2.69 bits per heavy atom. The van der Waals surface area contributed by atoms with Crippen LogP contribution in [0.3, 0.4) is 0 Å². The number of nitrogens with zero attached hydrogens (tertiary/aromatic N) is 3. The van der Waals surface area contributed by atoms with Gasteiger partial charge in [0.15, 0.2) is 0 Å². The van der Waals surface area contributed by atoms with E-state index in [4.69, 9.17) is 0 Å². The van der Waals surface area contributed by atoms with Gasteiger partial charge in [-0.15, -0.1) is 0 Å². The van der Waals surface area contributed by atoms with Crippen LogP contribution in [-0.2, 0) is 19.5 Å². The molecule has 4 rings (SSSR count). The van der Waals surface area contributed by atoms with Crippen molar-refractivity contribution in [3.8, 4) is 5.75 Å². The van der Waals surface area contributed by atoms with Crippen LogP contribution in [0.4, 0.5) is 5.69 Å². The van der Waals surface area contributed by atoms with Crippen LogP contribution >= 0.6 is 0 Å². The number of benzene rings is 2. The second-order valence-corrected chi connectivity index (χ2v) is 7.35. The summed E-state index contributed by atoms with van der Waals surface area (Å²) in [6, 6.07) is 17.3. The van der Waals surface area contributed by atoms with E-state index in [1.807, 2.05) is 47.5 Å². The molecule has 0 fully saturated rings. The molecule has 1 aliphatic rings. The highest BCUT2D eigenvalue weighted by atomic mass is 16.3. The van der Waals surface area contributed by atoms with Crippen LogP contribution in [0.2, 0.25) is 0 Å². The number of carbonyl (C=O) groups is 1. The van der Waals surface area contributed by atoms with Crippen LogP contribution in [0.1, 0.15) is 34.0 Å². The SMILES string of the molecule is CCN(Cc1cccnc1)c1ccc(C(=O)N2CCc3ccc(O)cc3C2)cc1. The average molecular weight is 387 g/mol. The minimum atomic E-state index is 0.0286. The fourth-order valence-corrected chi connectivity index (χ4v) is 3.81. The third-order valence-corrected chi connectivity index (χ3v) is 5.45. The van der Waals surface area contributed by atoms with Gasteiger partial charge in [-0.25, -0.2) is 0 Å². The second-order valence-electron chi connectivity index (χ2n) is 7.35. The largest absolute Gasteiger partial charge is 0.508 e. The zero-order chi connectivity index (χ0) is 20.2. The highest BCUT2D eigenvalue weighted by molar-refractivity contribution is 5.94. The maximum atomic E-state index is 13.0. The number of phenolic OH excluding ortho intramolecular Hbond substituents is 1. The van der Waals surface area contributed by atoms with Crippen molar-refractivity contribution in [3.63, 3.8) is 0 Å². The zero-order valence-corrected chi connectivity index (χ0v) is 16.6. The summed E-state index contributed by atoms with van der Waals surface area (Å²) in [5.74, 6) is 0.275. The Bertz CT molecular complexity index is 987. The Hall–Kier alpha value is -3.34. The van der Waals surface area contributed by atoms with Crippen molar-refractivity contribution in [2.45, 2.75) is 26.4 Å². The molecule has 2 aromatic carbocycles. The Labute approximate surface area is 171 Å². The third kappa shape index (κ3) is 4.24. The smallest absolute Gasteiger partial charge is 0.254 e. The quantitative estimate of drug-likeness (QED) is 0.719. The number of phenols is 1. The number of hydrogen-bond acceptors (Lipinski definition) is 4. The van der Waals surface area contributed by atoms with Crippen LogP contribution in [0.25, 0.3) is 0 Å². The molecule has 0 spiro atoms. The van der Waals surface area contributed by atoms with Crippen molar-refractivity contribution < 1.29 is 9.90 Å². The minimum Gasteiger partial charge on any atom is -0.508 e. The summed E-state index contributed by atoms with van der Waals surface area (Å²) in [7, 11) is 0. The van der Waals surface area contributed by atoms with Crippen molar-refractivity contribution in [2.24, 2.45) is 0 Å². The lowest BCUT2D eigenvalue weighted by Crippen LogP contribution is -2.35. The first-order valence-electron chi connectivity index (χ1n) is 9.98. The molecule has 0 radical (unpaired) electrons. The Kier molecular flexibility index (Phi) is 5.47. The number of carbonyl (C=O) groups excluding carboxylic acids is 1. The first-order valence-corrected chi connectivity index (χ1v) is 9.98. The topological polar surface area (TPSA) is 56.7 Å². The summed E-state index contributed by atoms with van der Waals surface area (Å²) < 4.78 is 0. The third-order valence-electron chi connectivity index (χ3n) is 5.45. The summed E-state index contributed by atoms with van der Waals surface area (Å²) in [5.41, 5.74) is 5.16. The monoisotopic (exact) mass is 387 g/mol. The maximum Gasteiger partial charge on any atom is 0.254 e. The van der Waals surface area contributed by atoms with Gasteiger partial charge >= 0.3 is 0 Å². The molecule has 1 N–H and O–H groups in total. The summed E-state index contributed by atoms with van der Waals surface area (Å²) >= 11 is 0. The molecule has 0 aliphatic carbocycles. The molecule has 148 valence electrons. The van der Waals surface area contributed by atoms with Crippen LogP contribution in [0.15, 0.2) is 67.0 Å². The zero-order valence-electron chi connectivity index (χ0n) is 16.6. The first-order chi connectivity index (χ1) is 14.1. The second kappa shape index (κ2) is 8.35. The lowest BCUT2D eigenvalue weighted by molar-refractivity contribution is 0.0734. The summed E-state index contributed by atoms with van der Waals surface area (Å²) in [4.78, 5) is 21.3. The van der Waals surface area contributed by atoms with E-state index >= 15 is 0 Å². The maximum absolute atomic E-state index is 13.0. The Balaban J connectivity index is 1.46. The fourth-order valence-electron chi connectivity index (χ4n) is 3.81. The van der Waals surface area contributed by atoms with Gasteiger partial charge in [-0.2, -0.15) is 0 Å². The predicted octanol–water partition coefficient (Wildman–Crippen LogP) is 4.01. The number of fused-ring (bicyclic) bond motifs is 1. The van der Waals surface area contributed by atoms with Gasteiger partial charge < -0.3 is 14.9 Å². The minimum absolute atomic E-state index is 0.0286. The van der Waals surface area contributed by atoms with Crippen LogP contribution in [0, 0.1) is 0 Å². The van der Waals surface area contributed by atoms with Crippen molar-refractivity contribution in [1.29, 1.82) is 0 Å². The van der Waals surface area contributed by atoms with Crippen molar-refractivity contribution in [2.75, 3.05) is 18.0 Å². The van der Waals surface area contributed by atoms with Gasteiger partial charge in [-0.1, -0.05) is 12.1 Å². The van der Waals surface area contributed by atoms with Crippen molar-refractivity contribution in [1.82, 2.24) is 9.88 Å². The lowest BCUT2D eigenvalue weighted by Gasteiger charge is -2.29. The predicted molar refractivity (Wildman–Crippen MR) is 114 cm³/mol. The molecular formula is C24H25N3O2. The number of aromatic hydroxyl groups is 1. The lowest BCUT2D eigenvalue weighted by atomic mass is 9.99. The molecule has 0 bridgehead atoms. The van der Waals surface area contributed by atoms with E-state index < -0.39 is 0 Å². The number of hydrogen-bond donors (Lipinski definition) is 1.